The Bertz CT molecular complexity index is 96.1. The first kappa shape index (κ1) is 12.9. The van der Waals surface area contributed by atoms with Crippen molar-refractivity contribution >= 4 is 0 Å². The molecule has 1 atom stereocenters. The van der Waals surface area contributed by atoms with Gasteiger partial charge in [-0.15, -0.1) is 0 Å². The molecule has 13 heavy (non-hydrogen) atoms. The van der Waals surface area contributed by atoms with Gasteiger partial charge in [0.05, 0.1) is 0 Å². The molecule has 0 aliphatic rings. The van der Waals surface area contributed by atoms with Gasteiger partial charge in [0.15, 0.2) is 0 Å². The third kappa shape index (κ3) is 8.26. The minimum Gasteiger partial charge on any atom is -0.382 e. The predicted molar refractivity (Wildman–Crippen MR) is 58.1 cm³/mol. The fourth-order valence-corrected chi connectivity index (χ4v) is 1.50. The normalized spacial score (nSPS) is 13.2. The number of nitrogens with one attached hydrogen (secondary N) is 1. The number of rotatable bonds is 9. The van der Waals surface area contributed by atoms with Gasteiger partial charge in [-0.2, -0.15) is 0 Å². The van der Waals surface area contributed by atoms with Crippen LogP contribution >= 0.6 is 0 Å². The Kier molecular flexibility index (Phi) is 9.94. The summed E-state index contributed by atoms with van der Waals surface area (Å²) < 4.78 is 5.36. The van der Waals surface area contributed by atoms with Crippen molar-refractivity contribution in [1.82, 2.24) is 5.32 Å². The fourth-order valence-electron chi connectivity index (χ4n) is 1.50. The molecule has 0 aromatic rings. The lowest BCUT2D eigenvalue weighted by Crippen LogP contribution is -2.23. The van der Waals surface area contributed by atoms with Crippen LogP contribution in [0.15, 0.2) is 0 Å². The molecule has 0 aromatic heterocycles. The molecule has 0 saturated carbocycles. The molecule has 0 spiro atoms. The van der Waals surface area contributed by atoms with Gasteiger partial charge in [-0.05, 0) is 38.8 Å². The number of ether oxygens (including phenoxy) is 1. The summed E-state index contributed by atoms with van der Waals surface area (Å²) in [5, 5.41) is 3.40. The molecule has 0 saturated heterocycles. The first-order valence-corrected chi connectivity index (χ1v) is 5.63. The van der Waals surface area contributed by atoms with Crippen LogP contribution in [0.2, 0.25) is 0 Å². The van der Waals surface area contributed by atoms with Crippen LogP contribution in [-0.2, 0) is 4.74 Å². The SMILES string of the molecule is CCCC(CCOCC)CNCC. The smallest absolute Gasteiger partial charge is 0.0469 e. The maximum absolute atomic E-state index is 5.36. The van der Waals surface area contributed by atoms with Crippen LogP contribution < -0.4 is 5.32 Å². The highest BCUT2D eigenvalue weighted by Crippen LogP contribution is 2.09. The quantitative estimate of drug-likeness (QED) is 0.560. The molecule has 0 amide bonds. The lowest BCUT2D eigenvalue weighted by Gasteiger charge is -2.15. The van der Waals surface area contributed by atoms with E-state index in [9.17, 15) is 0 Å². The zero-order valence-corrected chi connectivity index (χ0v) is 9.44. The Morgan fingerprint density at radius 2 is 1.92 bits per heavy atom. The van der Waals surface area contributed by atoms with Gasteiger partial charge in [0.25, 0.3) is 0 Å². The average molecular weight is 187 g/mol. The minimum absolute atomic E-state index is 0.802. The second-order valence-corrected chi connectivity index (χ2v) is 3.45. The van der Waals surface area contributed by atoms with E-state index in [0.29, 0.717) is 0 Å². The zero-order valence-electron chi connectivity index (χ0n) is 9.44. The van der Waals surface area contributed by atoms with Crippen LogP contribution in [0.25, 0.3) is 0 Å². The molecule has 0 aromatic carbocycles. The molecule has 1 N–H and O–H groups in total. The van der Waals surface area contributed by atoms with Crippen molar-refractivity contribution in [3.63, 3.8) is 0 Å². The summed E-state index contributed by atoms with van der Waals surface area (Å²) in [6.07, 6.45) is 3.80. The molecule has 0 aliphatic carbocycles. The van der Waals surface area contributed by atoms with Crippen LogP contribution in [0.4, 0.5) is 0 Å². The van der Waals surface area contributed by atoms with Crippen LogP contribution in [0.5, 0.6) is 0 Å². The Morgan fingerprint density at radius 1 is 1.15 bits per heavy atom. The van der Waals surface area contributed by atoms with Gasteiger partial charge in [-0.1, -0.05) is 20.3 Å². The van der Waals surface area contributed by atoms with Crippen LogP contribution in [-0.4, -0.2) is 26.3 Å². The van der Waals surface area contributed by atoms with E-state index in [1.165, 1.54) is 19.3 Å². The number of hydrogen-bond acceptors (Lipinski definition) is 2. The van der Waals surface area contributed by atoms with Gasteiger partial charge in [0.1, 0.15) is 0 Å². The summed E-state index contributed by atoms with van der Waals surface area (Å²) in [6, 6.07) is 0. The van der Waals surface area contributed by atoms with E-state index < -0.39 is 0 Å². The molecule has 2 nitrogen and oxygen atoms in total. The van der Waals surface area contributed by atoms with Crippen LogP contribution in [0, 0.1) is 5.92 Å². The van der Waals surface area contributed by atoms with E-state index in [1.807, 2.05) is 0 Å². The summed E-state index contributed by atoms with van der Waals surface area (Å²) in [5.74, 6) is 0.802. The standard InChI is InChI=1S/C11H25NO/c1-4-7-11(10-12-5-2)8-9-13-6-3/h11-12H,4-10H2,1-3H3. The minimum atomic E-state index is 0.802. The van der Waals surface area contributed by atoms with Crippen molar-refractivity contribution in [2.45, 2.75) is 40.0 Å². The first-order valence-electron chi connectivity index (χ1n) is 5.63. The van der Waals surface area contributed by atoms with Gasteiger partial charge in [-0.25, -0.2) is 0 Å². The van der Waals surface area contributed by atoms with Crippen molar-refractivity contribution < 1.29 is 4.74 Å². The fraction of sp³-hybridized carbons (Fsp3) is 1.00. The highest BCUT2D eigenvalue weighted by atomic mass is 16.5. The molecule has 0 heterocycles. The van der Waals surface area contributed by atoms with E-state index in [1.54, 1.807) is 0 Å². The predicted octanol–water partition coefficient (Wildman–Crippen LogP) is 2.44. The topological polar surface area (TPSA) is 21.3 Å². The van der Waals surface area contributed by atoms with Crippen molar-refractivity contribution in [2.75, 3.05) is 26.3 Å². The summed E-state index contributed by atoms with van der Waals surface area (Å²) in [5.41, 5.74) is 0. The molecule has 0 bridgehead atoms. The molecule has 1 unspecified atom stereocenters. The third-order valence-corrected chi connectivity index (χ3v) is 2.25. The van der Waals surface area contributed by atoms with E-state index in [-0.39, 0.29) is 0 Å². The Balaban J connectivity index is 3.41. The van der Waals surface area contributed by atoms with Gasteiger partial charge in [0, 0.05) is 13.2 Å². The molecule has 0 radical (unpaired) electrons. The third-order valence-electron chi connectivity index (χ3n) is 2.25. The molecule has 80 valence electrons. The lowest BCUT2D eigenvalue weighted by molar-refractivity contribution is 0.130. The molecule has 0 aliphatic heterocycles. The van der Waals surface area contributed by atoms with E-state index in [2.05, 4.69) is 26.1 Å². The van der Waals surface area contributed by atoms with Crippen molar-refractivity contribution in [3.8, 4) is 0 Å². The van der Waals surface area contributed by atoms with Gasteiger partial charge in [0.2, 0.25) is 0 Å². The van der Waals surface area contributed by atoms with E-state index in [4.69, 9.17) is 4.74 Å². The van der Waals surface area contributed by atoms with E-state index >= 15 is 0 Å². The molecular formula is C11H25NO. The molecule has 0 fully saturated rings. The molecule has 0 rings (SSSR count). The zero-order chi connectivity index (χ0) is 9.94. The van der Waals surface area contributed by atoms with Gasteiger partial charge < -0.3 is 10.1 Å². The average Bonchev–Trinajstić information content (AvgIpc) is 2.14. The Hall–Kier alpha value is -0.0800. The maximum Gasteiger partial charge on any atom is 0.0469 e. The number of hydrogen-bond donors (Lipinski definition) is 1. The van der Waals surface area contributed by atoms with Crippen molar-refractivity contribution in [1.29, 1.82) is 0 Å². The molecular weight excluding hydrogens is 162 g/mol. The largest absolute Gasteiger partial charge is 0.382 e. The maximum atomic E-state index is 5.36. The summed E-state index contributed by atoms with van der Waals surface area (Å²) in [7, 11) is 0. The van der Waals surface area contributed by atoms with Crippen LogP contribution in [0.3, 0.4) is 0 Å². The Morgan fingerprint density at radius 3 is 2.46 bits per heavy atom. The van der Waals surface area contributed by atoms with Crippen LogP contribution in [0.1, 0.15) is 40.0 Å². The monoisotopic (exact) mass is 187 g/mol. The first-order chi connectivity index (χ1) is 6.35. The highest BCUT2D eigenvalue weighted by Gasteiger charge is 2.06. The second kappa shape index (κ2) is 10.0. The summed E-state index contributed by atoms with van der Waals surface area (Å²) in [4.78, 5) is 0. The molecule has 2 heteroatoms. The summed E-state index contributed by atoms with van der Waals surface area (Å²) >= 11 is 0. The lowest BCUT2D eigenvalue weighted by atomic mass is 10.0. The van der Waals surface area contributed by atoms with Gasteiger partial charge in [-0.3, -0.25) is 0 Å². The van der Waals surface area contributed by atoms with Crippen molar-refractivity contribution in [2.24, 2.45) is 5.92 Å². The van der Waals surface area contributed by atoms with Gasteiger partial charge >= 0.3 is 0 Å². The second-order valence-electron chi connectivity index (χ2n) is 3.45. The highest BCUT2D eigenvalue weighted by molar-refractivity contribution is 4.61. The van der Waals surface area contributed by atoms with E-state index in [0.717, 1.165) is 32.2 Å². The Labute approximate surface area is 83.1 Å². The summed E-state index contributed by atoms with van der Waals surface area (Å²) in [6.45, 7) is 10.5. The van der Waals surface area contributed by atoms with Crippen molar-refractivity contribution in [3.05, 3.63) is 0 Å².